The highest BCUT2D eigenvalue weighted by molar-refractivity contribution is 6.32. The van der Waals surface area contributed by atoms with Gasteiger partial charge < -0.3 is 40.0 Å². The molecule has 2 bridgehead atoms. The fraction of sp³-hybridized carbons (Fsp3) is 0.567. The average molecular weight is 605 g/mol. The normalized spacial score (nSPS) is 20.8. The molecule has 4 rings (SSSR count). The van der Waals surface area contributed by atoms with Crippen LogP contribution in [0.25, 0.3) is 0 Å². The number of nitrogens with one attached hydrogen (secondary N) is 2. The molecule has 2 aromatic rings. The Kier molecular flexibility index (Phi) is 11.4. The number of ether oxygens (including phenoxy) is 3. The number of likely N-dealkylation sites (tertiary alicyclic amines) is 1. The molecule has 2 atom stereocenters. The Labute approximate surface area is 251 Å². The highest BCUT2D eigenvalue weighted by Crippen LogP contribution is 2.36. The van der Waals surface area contributed by atoms with Gasteiger partial charge in [-0.15, -0.1) is 0 Å². The topological polar surface area (TPSA) is 142 Å². The average Bonchev–Trinajstić information content (AvgIpc) is 3.37. The number of hydrogen-bond donors (Lipinski definition) is 4. The lowest BCUT2D eigenvalue weighted by Crippen LogP contribution is -2.36. The lowest BCUT2D eigenvalue weighted by Gasteiger charge is -2.28. The van der Waals surface area contributed by atoms with E-state index in [0.717, 1.165) is 25.9 Å². The minimum Gasteiger partial charge on any atom is -0.488 e. The number of halogens is 1. The van der Waals surface area contributed by atoms with Crippen molar-refractivity contribution in [3.63, 3.8) is 0 Å². The van der Waals surface area contributed by atoms with Crippen LogP contribution in [0, 0.1) is 0 Å². The molecule has 1 fully saturated rings. The van der Waals surface area contributed by atoms with Gasteiger partial charge in [0.15, 0.2) is 0 Å². The molecule has 1 amide bonds. The summed E-state index contributed by atoms with van der Waals surface area (Å²) in [4.78, 5) is 30.9. The monoisotopic (exact) mass is 604 g/mol. The number of aliphatic hydroxyl groups is 1. The van der Waals surface area contributed by atoms with Crippen LogP contribution in [0.1, 0.15) is 67.4 Å². The number of nitrogens with zero attached hydrogens (tertiary/aromatic N) is 2. The number of benzene rings is 1. The third kappa shape index (κ3) is 9.53. The zero-order chi connectivity index (χ0) is 30.1. The number of pyridine rings is 1. The molecule has 0 aliphatic carbocycles. The van der Waals surface area contributed by atoms with Crippen molar-refractivity contribution >= 4 is 23.5 Å². The Bertz CT molecular complexity index is 1230. The molecular formula is C30H41ClN4O7. The summed E-state index contributed by atoms with van der Waals surface area (Å²) in [6.07, 6.45) is 6.15. The van der Waals surface area contributed by atoms with Crippen molar-refractivity contribution in [1.29, 1.82) is 0 Å². The second-order valence-electron chi connectivity index (χ2n) is 11.2. The van der Waals surface area contributed by atoms with Gasteiger partial charge in [-0.2, -0.15) is 0 Å². The molecule has 1 saturated heterocycles. The largest absolute Gasteiger partial charge is 0.488 e. The number of aliphatic hydroxyl groups excluding tert-OH is 1. The number of aromatic nitrogens is 1. The van der Waals surface area contributed by atoms with Gasteiger partial charge in [0.05, 0.1) is 23.3 Å². The highest BCUT2D eigenvalue weighted by atomic mass is 35.5. The molecular weight excluding hydrogens is 564 g/mol. The zero-order valence-electron chi connectivity index (χ0n) is 24.2. The number of β-amino-alcohol motifs (C(OH)–C–C–N with tert-alkyl or cyclic N) is 1. The van der Waals surface area contributed by atoms with E-state index in [9.17, 15) is 19.8 Å². The molecule has 1 aromatic carbocycles. The van der Waals surface area contributed by atoms with Gasteiger partial charge in [-0.05, 0) is 44.2 Å². The number of carbonyl (C=O) groups excluding carboxylic acids is 1. The molecule has 4 N–H and O–H groups in total. The van der Waals surface area contributed by atoms with Crippen LogP contribution in [-0.4, -0.2) is 82.7 Å². The van der Waals surface area contributed by atoms with Crippen molar-refractivity contribution in [2.45, 2.75) is 77.0 Å². The van der Waals surface area contributed by atoms with Gasteiger partial charge in [0.1, 0.15) is 24.1 Å². The maximum absolute atomic E-state index is 12.6. The highest BCUT2D eigenvalue weighted by Gasteiger charge is 2.25. The Morgan fingerprint density at radius 3 is 2.83 bits per heavy atom. The smallest absolute Gasteiger partial charge is 0.320 e. The van der Waals surface area contributed by atoms with Gasteiger partial charge in [0, 0.05) is 76.2 Å². The third-order valence-corrected chi connectivity index (χ3v) is 7.58. The number of amides is 1. The summed E-state index contributed by atoms with van der Waals surface area (Å²) in [5.74, 6) is -1.36. The maximum atomic E-state index is 12.6. The van der Waals surface area contributed by atoms with Crippen LogP contribution in [0.5, 0.6) is 11.5 Å². The van der Waals surface area contributed by atoms with Crippen molar-refractivity contribution in [2.24, 2.45) is 0 Å². The number of carboxylic acids is 1. The number of carbonyl (C=O) groups is 2. The molecule has 0 spiro atoms. The number of carboxylic acid groups (broad SMARTS) is 1. The minimum atomic E-state index is -0.987. The zero-order valence-corrected chi connectivity index (χ0v) is 25.0. The summed E-state index contributed by atoms with van der Waals surface area (Å²) < 4.78 is 18.4. The second kappa shape index (κ2) is 15.0. The van der Waals surface area contributed by atoms with E-state index in [-0.39, 0.29) is 25.2 Å². The van der Waals surface area contributed by atoms with Gasteiger partial charge in [-0.3, -0.25) is 14.6 Å². The Hall–Kier alpha value is -2.96. The van der Waals surface area contributed by atoms with Crippen LogP contribution in [0.3, 0.4) is 0 Å². The fourth-order valence-corrected chi connectivity index (χ4v) is 5.24. The molecule has 0 unspecified atom stereocenters. The summed E-state index contributed by atoms with van der Waals surface area (Å²) in [5.41, 5.74) is 1.79. The van der Waals surface area contributed by atoms with E-state index >= 15 is 0 Å². The van der Waals surface area contributed by atoms with Crippen molar-refractivity contribution in [2.75, 3.05) is 32.8 Å². The number of fused-ring (bicyclic) bond motifs is 3. The van der Waals surface area contributed by atoms with Crippen LogP contribution in [0.15, 0.2) is 30.6 Å². The van der Waals surface area contributed by atoms with Gasteiger partial charge in [-0.25, -0.2) is 0 Å². The first-order valence-corrected chi connectivity index (χ1v) is 14.8. The first-order valence-electron chi connectivity index (χ1n) is 14.5. The second-order valence-corrected chi connectivity index (χ2v) is 11.6. The van der Waals surface area contributed by atoms with E-state index in [1.165, 1.54) is 6.20 Å². The maximum Gasteiger partial charge on any atom is 0.320 e. The summed E-state index contributed by atoms with van der Waals surface area (Å²) >= 11 is 6.65. The van der Waals surface area contributed by atoms with E-state index in [1.54, 1.807) is 24.4 Å². The molecule has 3 heterocycles. The van der Waals surface area contributed by atoms with Crippen LogP contribution in [-0.2, 0) is 22.7 Å². The minimum absolute atomic E-state index is 0.121. The summed E-state index contributed by atoms with van der Waals surface area (Å²) in [6.45, 7) is 7.28. The number of rotatable bonds is 8. The molecule has 2 aliphatic heterocycles. The standard InChI is InChI=1S/C30H41ClN4O7/c1-30(2,41-11-5-9-35-10-7-23(36)18-35)42-27-14-26-21(13-24(27)31)17-34-25(29(38)39)6-3-4-8-33-28(37)22-12-20(19-40-26)15-32-16-22/h12-16,23,25,34,36H,3-11,17-19H2,1-2H3,(H,33,37)(H,38,39)/t23-,25+/m1/s1. The van der Waals surface area contributed by atoms with Crippen LogP contribution in [0.4, 0.5) is 0 Å². The van der Waals surface area contributed by atoms with Crippen LogP contribution < -0.4 is 20.1 Å². The van der Waals surface area contributed by atoms with Gasteiger partial charge in [-0.1, -0.05) is 11.6 Å². The Morgan fingerprint density at radius 2 is 2.07 bits per heavy atom. The first kappa shape index (κ1) is 32.0. The Morgan fingerprint density at radius 1 is 1.24 bits per heavy atom. The lowest BCUT2D eigenvalue weighted by atomic mass is 10.1. The number of hydrogen-bond acceptors (Lipinski definition) is 9. The van der Waals surface area contributed by atoms with Crippen molar-refractivity contribution in [1.82, 2.24) is 20.5 Å². The molecule has 1 aromatic heterocycles. The summed E-state index contributed by atoms with van der Waals surface area (Å²) in [6, 6.07) is 4.35. The predicted molar refractivity (Wildman–Crippen MR) is 157 cm³/mol. The van der Waals surface area contributed by atoms with Gasteiger partial charge in [0.25, 0.3) is 5.91 Å². The van der Waals surface area contributed by atoms with Gasteiger partial charge >= 0.3 is 5.97 Å². The van der Waals surface area contributed by atoms with Crippen molar-refractivity contribution in [3.05, 3.63) is 52.3 Å². The van der Waals surface area contributed by atoms with E-state index in [4.69, 9.17) is 25.8 Å². The van der Waals surface area contributed by atoms with E-state index in [1.807, 2.05) is 13.8 Å². The first-order chi connectivity index (χ1) is 20.1. The summed E-state index contributed by atoms with van der Waals surface area (Å²) in [5, 5.41) is 25.8. The lowest BCUT2D eigenvalue weighted by molar-refractivity contribution is -0.157. The molecule has 230 valence electrons. The predicted octanol–water partition coefficient (Wildman–Crippen LogP) is 3.36. The van der Waals surface area contributed by atoms with Crippen molar-refractivity contribution < 1.29 is 34.0 Å². The van der Waals surface area contributed by atoms with E-state index in [0.29, 0.717) is 72.2 Å². The number of aliphatic carboxylic acids is 1. The molecule has 2 aliphatic rings. The van der Waals surface area contributed by atoms with Crippen molar-refractivity contribution in [3.8, 4) is 11.5 Å². The van der Waals surface area contributed by atoms with E-state index < -0.39 is 17.8 Å². The third-order valence-electron chi connectivity index (χ3n) is 7.28. The molecule has 0 radical (unpaired) electrons. The molecule has 11 nitrogen and oxygen atoms in total. The van der Waals surface area contributed by atoms with Gasteiger partial charge in [0.2, 0.25) is 5.79 Å². The van der Waals surface area contributed by atoms with Crippen LogP contribution >= 0.6 is 11.6 Å². The SMILES string of the molecule is CC(C)(OCCCN1CC[C@@H](O)C1)Oc1cc2c(cc1Cl)CN[C@H](C(=O)O)CCCCNC(=O)c1cncc(c1)CO2. The molecule has 42 heavy (non-hydrogen) atoms. The summed E-state index contributed by atoms with van der Waals surface area (Å²) in [7, 11) is 0. The fourth-order valence-electron chi connectivity index (χ4n) is 5.02. The van der Waals surface area contributed by atoms with Crippen LogP contribution in [0.2, 0.25) is 5.02 Å². The molecule has 0 saturated carbocycles. The Balaban J connectivity index is 1.49. The quantitative estimate of drug-likeness (QED) is 0.262. The molecule has 12 heteroatoms. The van der Waals surface area contributed by atoms with E-state index in [2.05, 4.69) is 20.5 Å².